The predicted octanol–water partition coefficient (Wildman–Crippen LogP) is 3.50. The molecule has 10 heteroatoms. The van der Waals surface area contributed by atoms with Gasteiger partial charge in [0.1, 0.15) is 12.1 Å². The molecule has 0 bridgehead atoms. The number of nitrogen functional groups attached to an aromatic ring is 1. The first-order chi connectivity index (χ1) is 17.1. The molecule has 9 nitrogen and oxygen atoms in total. The lowest BCUT2D eigenvalue weighted by atomic mass is 10.1. The molecule has 0 heterocycles. The van der Waals surface area contributed by atoms with Crippen LogP contribution in [0.2, 0.25) is 0 Å². The minimum Gasteiger partial charge on any atom is -0.384 e. The third-order valence-corrected chi connectivity index (χ3v) is 6.60. The summed E-state index contributed by atoms with van der Waals surface area (Å²) in [6.07, 6.45) is 1.21. The molecule has 0 fully saturated rings. The number of nitrogens with two attached hydrogens (primary N) is 2. The van der Waals surface area contributed by atoms with Gasteiger partial charge in [0.25, 0.3) is 0 Å². The number of methoxy groups -OCH3 is 1. The number of nitrogens with one attached hydrogen (secondary N) is 2. The van der Waals surface area contributed by atoms with Gasteiger partial charge >= 0.3 is 0 Å². The molecule has 0 aliphatic rings. The average Bonchev–Trinajstić information content (AvgIpc) is 2.86. The van der Waals surface area contributed by atoms with Gasteiger partial charge in [-0.2, -0.15) is 0 Å². The highest BCUT2D eigenvalue weighted by Gasteiger charge is 2.22. The molecule has 3 aromatic carbocycles. The van der Waals surface area contributed by atoms with Gasteiger partial charge in [-0.05, 0) is 42.3 Å². The number of ether oxygens (including phenoxy) is 1. The number of primary sulfonamides is 1. The second kappa shape index (κ2) is 11.8. The Hall–Kier alpha value is -3.73. The summed E-state index contributed by atoms with van der Waals surface area (Å²) in [6.45, 7) is 2.04. The van der Waals surface area contributed by atoms with Gasteiger partial charge in [-0.15, -0.1) is 0 Å². The summed E-state index contributed by atoms with van der Waals surface area (Å²) in [4.78, 5) is 14.9. The zero-order valence-corrected chi connectivity index (χ0v) is 21.1. The van der Waals surface area contributed by atoms with Crippen LogP contribution in [0, 0.1) is 5.41 Å². The van der Waals surface area contributed by atoms with Gasteiger partial charge in [-0.3, -0.25) is 10.2 Å². The second-order valence-corrected chi connectivity index (χ2v) is 9.77. The fraction of sp³-hybridized carbons (Fsp3) is 0.231. The minimum atomic E-state index is -3.88. The normalized spacial score (nSPS) is 12.1. The van der Waals surface area contributed by atoms with Crippen molar-refractivity contribution in [3.05, 3.63) is 78.4 Å². The number of rotatable bonds is 11. The molecule has 1 atom stereocenters. The monoisotopic (exact) mass is 509 g/mol. The summed E-state index contributed by atoms with van der Waals surface area (Å²) in [5.74, 6) is -0.325. The number of carbonyl (C=O) groups is 1. The van der Waals surface area contributed by atoms with E-state index in [1.165, 1.54) is 6.07 Å². The lowest BCUT2D eigenvalue weighted by Crippen LogP contribution is -2.42. The highest BCUT2D eigenvalue weighted by Crippen LogP contribution is 2.28. The maximum Gasteiger partial charge on any atom is 0.243 e. The fourth-order valence-electron chi connectivity index (χ4n) is 3.90. The van der Waals surface area contributed by atoms with Crippen LogP contribution in [0.3, 0.4) is 0 Å². The Kier molecular flexibility index (Phi) is 8.81. The van der Waals surface area contributed by atoms with Crippen molar-refractivity contribution in [3.63, 3.8) is 0 Å². The molecule has 0 spiro atoms. The predicted molar refractivity (Wildman–Crippen MR) is 142 cm³/mol. The van der Waals surface area contributed by atoms with Gasteiger partial charge in [0, 0.05) is 29.6 Å². The molecule has 36 heavy (non-hydrogen) atoms. The van der Waals surface area contributed by atoms with Crippen molar-refractivity contribution in [2.24, 2.45) is 10.9 Å². The largest absolute Gasteiger partial charge is 0.384 e. The third-order valence-electron chi connectivity index (χ3n) is 5.63. The average molecular weight is 510 g/mol. The van der Waals surface area contributed by atoms with Gasteiger partial charge in [-0.25, -0.2) is 13.6 Å². The van der Waals surface area contributed by atoms with Gasteiger partial charge in [0.15, 0.2) is 0 Å². The van der Waals surface area contributed by atoms with Crippen molar-refractivity contribution in [2.75, 3.05) is 23.9 Å². The molecule has 0 saturated carbocycles. The summed E-state index contributed by atoms with van der Waals surface area (Å²) in [5, 5.41) is 16.0. The summed E-state index contributed by atoms with van der Waals surface area (Å²) >= 11 is 0. The quantitative estimate of drug-likeness (QED) is 0.176. The lowest BCUT2D eigenvalue weighted by Gasteiger charge is -2.32. The Labute approximate surface area is 211 Å². The molecule has 0 aromatic heterocycles. The standard InChI is InChI=1S/C26H31N5O4S/c1-3-7-25(35-2)31(21-9-6-8-19(16-21)26(27)28)17-24(32)30-20-14-12-18(13-15-20)22-10-4-5-11-23(22)36(29,33)34/h4-6,8-16,25H,3,7,17H2,1-2H3,(H3,27,28)(H,30,32)(H2,29,33,34). The zero-order chi connectivity index (χ0) is 26.3. The molecule has 0 aliphatic heterocycles. The van der Waals surface area contributed by atoms with E-state index in [0.29, 0.717) is 34.5 Å². The van der Waals surface area contributed by atoms with E-state index in [-0.39, 0.29) is 29.4 Å². The van der Waals surface area contributed by atoms with Crippen LogP contribution in [0.4, 0.5) is 11.4 Å². The van der Waals surface area contributed by atoms with Crippen molar-refractivity contribution in [3.8, 4) is 11.1 Å². The number of carbonyl (C=O) groups excluding carboxylic acids is 1. The van der Waals surface area contributed by atoms with E-state index in [0.717, 1.165) is 6.42 Å². The van der Waals surface area contributed by atoms with E-state index in [4.69, 9.17) is 21.0 Å². The van der Waals surface area contributed by atoms with Crippen LogP contribution in [-0.2, 0) is 19.6 Å². The Morgan fingerprint density at radius 1 is 1.08 bits per heavy atom. The first-order valence-corrected chi connectivity index (χ1v) is 12.9. The maximum atomic E-state index is 13.0. The van der Waals surface area contributed by atoms with Crippen LogP contribution in [0.5, 0.6) is 0 Å². The third kappa shape index (κ3) is 6.69. The molecule has 6 N–H and O–H groups in total. The second-order valence-electron chi connectivity index (χ2n) is 8.24. The van der Waals surface area contributed by atoms with Crippen LogP contribution in [-0.4, -0.2) is 40.0 Å². The summed E-state index contributed by atoms with van der Waals surface area (Å²) in [6, 6.07) is 20.5. The van der Waals surface area contributed by atoms with E-state index in [9.17, 15) is 13.2 Å². The smallest absolute Gasteiger partial charge is 0.243 e. The van der Waals surface area contributed by atoms with Crippen molar-refractivity contribution in [2.45, 2.75) is 30.9 Å². The Morgan fingerprint density at radius 3 is 2.39 bits per heavy atom. The van der Waals surface area contributed by atoms with Crippen LogP contribution >= 0.6 is 0 Å². The van der Waals surface area contributed by atoms with E-state index >= 15 is 0 Å². The number of hydrogen-bond donors (Lipinski definition) is 4. The maximum absolute atomic E-state index is 13.0. The molecule has 3 aromatic rings. The number of anilines is 2. The SMILES string of the molecule is CCCC(OC)N(CC(=O)Nc1ccc(-c2ccccc2S(N)(=O)=O)cc1)c1cccc(C(=N)N)c1. The lowest BCUT2D eigenvalue weighted by molar-refractivity contribution is -0.115. The molecule has 0 aliphatic carbocycles. The molecule has 3 rings (SSSR count). The highest BCUT2D eigenvalue weighted by atomic mass is 32.2. The number of benzene rings is 3. The van der Waals surface area contributed by atoms with Gasteiger partial charge < -0.3 is 20.7 Å². The Morgan fingerprint density at radius 2 is 1.78 bits per heavy atom. The molecule has 190 valence electrons. The van der Waals surface area contributed by atoms with Gasteiger partial charge in [0.05, 0.1) is 11.4 Å². The van der Waals surface area contributed by atoms with Crippen LogP contribution in [0.1, 0.15) is 25.3 Å². The van der Waals surface area contributed by atoms with E-state index in [2.05, 4.69) is 5.32 Å². The number of hydrogen-bond acceptors (Lipinski definition) is 6. The molecule has 0 saturated heterocycles. The fourth-order valence-corrected chi connectivity index (χ4v) is 4.66. The molecular weight excluding hydrogens is 478 g/mol. The Bertz CT molecular complexity index is 1330. The molecule has 1 unspecified atom stereocenters. The molecule has 1 amide bonds. The van der Waals surface area contributed by atoms with E-state index in [1.807, 2.05) is 17.9 Å². The van der Waals surface area contributed by atoms with Crippen molar-refractivity contribution in [1.82, 2.24) is 0 Å². The number of amidine groups is 1. The highest BCUT2D eigenvalue weighted by molar-refractivity contribution is 7.89. The van der Waals surface area contributed by atoms with Crippen molar-refractivity contribution < 1.29 is 17.9 Å². The van der Waals surface area contributed by atoms with Gasteiger partial charge in [-0.1, -0.05) is 55.8 Å². The Balaban J connectivity index is 1.81. The molecular formula is C26H31N5O4S. The summed E-state index contributed by atoms with van der Waals surface area (Å²) in [5.41, 5.74) is 8.62. The van der Waals surface area contributed by atoms with Crippen LogP contribution in [0.15, 0.2) is 77.7 Å². The zero-order valence-electron chi connectivity index (χ0n) is 20.3. The molecule has 0 radical (unpaired) electrons. The number of amides is 1. The van der Waals surface area contributed by atoms with Gasteiger partial charge in [0.2, 0.25) is 15.9 Å². The van der Waals surface area contributed by atoms with E-state index in [1.54, 1.807) is 67.8 Å². The number of sulfonamides is 1. The minimum absolute atomic E-state index is 0.00979. The summed E-state index contributed by atoms with van der Waals surface area (Å²) in [7, 11) is -2.29. The van der Waals surface area contributed by atoms with Crippen LogP contribution < -0.4 is 21.1 Å². The van der Waals surface area contributed by atoms with E-state index < -0.39 is 10.0 Å². The first kappa shape index (κ1) is 26.9. The van der Waals surface area contributed by atoms with Crippen molar-refractivity contribution in [1.29, 1.82) is 5.41 Å². The van der Waals surface area contributed by atoms with Crippen LogP contribution in [0.25, 0.3) is 11.1 Å². The number of nitrogens with zero attached hydrogens (tertiary/aromatic N) is 1. The first-order valence-electron chi connectivity index (χ1n) is 11.4. The van der Waals surface area contributed by atoms with Crippen molar-refractivity contribution >= 4 is 33.1 Å². The topological polar surface area (TPSA) is 152 Å². The summed E-state index contributed by atoms with van der Waals surface area (Å²) < 4.78 is 29.5.